The maximum atomic E-state index is 7.74. The first-order valence-corrected chi connectivity index (χ1v) is 4.71. The number of aromatic amines is 1. The van der Waals surface area contributed by atoms with Crippen LogP contribution in [-0.2, 0) is 6.42 Å². The van der Waals surface area contributed by atoms with Crippen LogP contribution in [0.5, 0.6) is 5.75 Å². The van der Waals surface area contributed by atoms with Crippen molar-refractivity contribution in [3.8, 4) is 5.75 Å². The standard InChI is InChI=1S/C12H16N2O/c1-13-6-5-9-8-14-12-4-3-10(15-2)7-11(9)12/h3-4,7-8,13-14H,5-6H2,1-2H3/i2D2,6D2. The number of likely N-dealkylation sites (N-methyl/N-ethyl adjacent to an activating group) is 1. The number of aryl methyl sites for hydroxylation is 1. The number of ether oxygens (including phenoxy) is 1. The number of hydrogen-bond donors (Lipinski definition) is 2. The summed E-state index contributed by atoms with van der Waals surface area (Å²) in [6.07, 6.45) is 1.99. The van der Waals surface area contributed by atoms with E-state index in [1.54, 1.807) is 31.4 Å². The Hall–Kier alpha value is -1.48. The second-order valence-corrected chi connectivity index (χ2v) is 3.24. The molecule has 1 heterocycles. The third-order valence-electron chi connectivity index (χ3n) is 2.33. The van der Waals surface area contributed by atoms with Gasteiger partial charge in [0, 0.05) is 19.8 Å². The minimum atomic E-state index is -1.49. The van der Waals surface area contributed by atoms with Crippen molar-refractivity contribution < 1.29 is 10.2 Å². The van der Waals surface area contributed by atoms with Crippen molar-refractivity contribution in [1.82, 2.24) is 10.3 Å². The lowest BCUT2D eigenvalue weighted by atomic mass is 10.1. The van der Waals surface area contributed by atoms with Crippen LogP contribution in [0.1, 0.15) is 11.0 Å². The third kappa shape index (κ3) is 1.97. The maximum absolute atomic E-state index is 7.74. The first-order valence-electron chi connectivity index (χ1n) is 6.87. The fraction of sp³-hybridized carbons (Fsp3) is 0.333. The van der Waals surface area contributed by atoms with Crippen molar-refractivity contribution in [3.05, 3.63) is 30.0 Å². The number of benzene rings is 1. The van der Waals surface area contributed by atoms with E-state index in [1.165, 1.54) is 0 Å². The van der Waals surface area contributed by atoms with Gasteiger partial charge in [-0.1, -0.05) is 0 Å². The van der Waals surface area contributed by atoms with Gasteiger partial charge in [0.1, 0.15) is 5.75 Å². The average Bonchev–Trinajstić information content (AvgIpc) is 2.71. The molecule has 2 N–H and O–H groups in total. The van der Waals surface area contributed by atoms with E-state index in [9.17, 15) is 0 Å². The van der Waals surface area contributed by atoms with Gasteiger partial charge in [-0.2, -0.15) is 0 Å². The summed E-state index contributed by atoms with van der Waals surface area (Å²) in [7, 11) is 0.206. The van der Waals surface area contributed by atoms with Crippen molar-refractivity contribution in [2.45, 2.75) is 6.42 Å². The van der Waals surface area contributed by atoms with Gasteiger partial charge in [-0.25, -0.2) is 0 Å². The van der Waals surface area contributed by atoms with Gasteiger partial charge in [-0.15, -0.1) is 0 Å². The first-order chi connectivity index (χ1) is 8.91. The Morgan fingerprint density at radius 2 is 2.53 bits per heavy atom. The Kier molecular flexibility index (Phi) is 1.80. The predicted molar refractivity (Wildman–Crippen MR) is 62.5 cm³/mol. The molecule has 0 aliphatic rings. The fourth-order valence-electron chi connectivity index (χ4n) is 1.56. The molecular formula is C12H16N2O. The van der Waals surface area contributed by atoms with E-state index in [-0.39, 0.29) is 6.42 Å². The number of fused-ring (bicyclic) bond motifs is 1. The van der Waals surface area contributed by atoms with Crippen LogP contribution in [0.4, 0.5) is 0 Å². The quantitative estimate of drug-likeness (QED) is 0.805. The fourth-order valence-corrected chi connectivity index (χ4v) is 1.56. The van der Waals surface area contributed by atoms with Crippen molar-refractivity contribution >= 4 is 10.9 Å². The van der Waals surface area contributed by atoms with Crippen LogP contribution in [-0.4, -0.2) is 25.6 Å². The molecule has 2 aromatic rings. The van der Waals surface area contributed by atoms with E-state index < -0.39 is 13.6 Å². The smallest absolute Gasteiger partial charge is 0.119 e. The zero-order valence-electron chi connectivity index (χ0n) is 12.5. The van der Waals surface area contributed by atoms with E-state index in [1.807, 2.05) is 0 Å². The van der Waals surface area contributed by atoms with Crippen molar-refractivity contribution in [2.24, 2.45) is 0 Å². The minimum absolute atomic E-state index is 0.220. The lowest BCUT2D eigenvalue weighted by molar-refractivity contribution is 0.415. The van der Waals surface area contributed by atoms with E-state index >= 15 is 0 Å². The lowest BCUT2D eigenvalue weighted by Gasteiger charge is -2.01. The lowest BCUT2D eigenvalue weighted by Crippen LogP contribution is -2.09. The molecule has 0 fully saturated rings. The van der Waals surface area contributed by atoms with E-state index in [2.05, 4.69) is 10.3 Å². The number of aromatic nitrogens is 1. The molecule has 1 aromatic heterocycles. The number of H-pyrrole nitrogens is 1. The summed E-state index contributed by atoms with van der Waals surface area (Å²) < 4.78 is 34.7. The van der Waals surface area contributed by atoms with Crippen LogP contribution < -0.4 is 10.1 Å². The summed E-state index contributed by atoms with van der Waals surface area (Å²) in [5.41, 5.74) is 1.70. The van der Waals surface area contributed by atoms with Gasteiger partial charge in [0.15, 0.2) is 0 Å². The number of nitrogens with one attached hydrogen (secondary N) is 2. The molecule has 0 unspecified atom stereocenters. The van der Waals surface area contributed by atoms with Crippen LogP contribution in [0.15, 0.2) is 24.4 Å². The van der Waals surface area contributed by atoms with Gasteiger partial charge in [0.25, 0.3) is 0 Å². The third-order valence-corrected chi connectivity index (χ3v) is 2.33. The molecule has 2 rings (SSSR count). The van der Waals surface area contributed by atoms with Crippen LogP contribution in [0.2, 0.25) is 0 Å². The number of methoxy groups -OCH3 is 1. The maximum Gasteiger partial charge on any atom is 0.119 e. The first kappa shape index (κ1) is 6.18. The highest BCUT2D eigenvalue weighted by molar-refractivity contribution is 5.84. The van der Waals surface area contributed by atoms with Gasteiger partial charge in [-0.05, 0) is 43.7 Å². The summed E-state index contributed by atoms with van der Waals surface area (Å²) in [5.74, 6) is 0.438. The average molecular weight is 208 g/mol. The van der Waals surface area contributed by atoms with Crippen LogP contribution in [0, 0.1) is 0 Å². The highest BCUT2D eigenvalue weighted by Gasteiger charge is 2.04. The SMILES string of the molecule is [2H]C([2H])Oc1ccc2[nH]cc(CC([2H])([2H])NC)c2c1. The molecule has 3 heteroatoms. The monoisotopic (exact) mass is 208 g/mol. The zero-order chi connectivity index (χ0) is 14.0. The summed E-state index contributed by atoms with van der Waals surface area (Å²) >= 11 is 0. The van der Waals surface area contributed by atoms with Gasteiger partial charge in [0.05, 0.1) is 9.80 Å². The second kappa shape index (κ2) is 4.36. The largest absolute Gasteiger partial charge is 0.497 e. The highest BCUT2D eigenvalue weighted by Crippen LogP contribution is 2.23. The van der Waals surface area contributed by atoms with Gasteiger partial charge >= 0.3 is 0 Å². The van der Waals surface area contributed by atoms with Crippen molar-refractivity contribution in [1.29, 1.82) is 0 Å². The van der Waals surface area contributed by atoms with Crippen LogP contribution in [0.3, 0.4) is 0 Å². The van der Waals surface area contributed by atoms with E-state index in [0.717, 1.165) is 16.5 Å². The Balaban J connectivity index is 2.34. The van der Waals surface area contributed by atoms with Crippen LogP contribution in [0.25, 0.3) is 10.9 Å². The van der Waals surface area contributed by atoms with E-state index in [4.69, 9.17) is 10.2 Å². The minimum Gasteiger partial charge on any atom is -0.497 e. The molecule has 0 aliphatic heterocycles. The van der Waals surface area contributed by atoms with Crippen molar-refractivity contribution in [2.75, 3.05) is 20.6 Å². The number of rotatable bonds is 4. The predicted octanol–water partition coefficient (Wildman–Crippen LogP) is 1.94. The molecule has 0 radical (unpaired) electrons. The van der Waals surface area contributed by atoms with Gasteiger partial charge in [-0.3, -0.25) is 0 Å². The number of hydrogen-bond acceptors (Lipinski definition) is 2. The Labute approximate surface area is 95.1 Å². The molecule has 80 valence electrons. The molecule has 1 aromatic carbocycles. The van der Waals surface area contributed by atoms with Crippen LogP contribution >= 0.6 is 0 Å². The second-order valence-electron chi connectivity index (χ2n) is 3.24. The molecule has 0 saturated heterocycles. The van der Waals surface area contributed by atoms with Gasteiger partial charge in [0.2, 0.25) is 0 Å². The molecule has 15 heavy (non-hydrogen) atoms. The van der Waals surface area contributed by atoms with E-state index in [0.29, 0.717) is 5.75 Å². The topological polar surface area (TPSA) is 37.0 Å². The molecule has 0 amide bonds. The molecule has 0 aliphatic carbocycles. The molecule has 0 spiro atoms. The molecule has 3 nitrogen and oxygen atoms in total. The summed E-state index contributed by atoms with van der Waals surface area (Å²) in [4.78, 5) is 3.07. The Bertz CT molecular complexity index is 568. The normalized spacial score (nSPS) is 15.9. The Morgan fingerprint density at radius 1 is 1.60 bits per heavy atom. The molecule has 0 saturated carbocycles. The van der Waals surface area contributed by atoms with Crippen molar-refractivity contribution in [3.63, 3.8) is 0 Å². The summed E-state index contributed by atoms with van der Waals surface area (Å²) in [6, 6.07) is 5.21. The van der Waals surface area contributed by atoms with Gasteiger partial charge < -0.3 is 15.0 Å². The molecule has 0 bridgehead atoms. The highest BCUT2D eigenvalue weighted by atomic mass is 16.5. The summed E-state index contributed by atoms with van der Waals surface area (Å²) in [6.45, 7) is -1.49. The Morgan fingerprint density at radius 3 is 3.33 bits per heavy atom. The zero-order valence-corrected chi connectivity index (χ0v) is 8.50. The molecular weight excluding hydrogens is 188 g/mol. The molecule has 0 atom stereocenters. The summed E-state index contributed by atoms with van der Waals surface area (Å²) in [5, 5.41) is 3.46.